The van der Waals surface area contributed by atoms with Crippen molar-refractivity contribution in [1.29, 1.82) is 0 Å². The highest BCUT2D eigenvalue weighted by molar-refractivity contribution is 5.76. The van der Waals surface area contributed by atoms with Crippen LogP contribution in [0.25, 0.3) is 0 Å². The molecule has 1 N–H and O–H groups in total. The third-order valence-corrected chi connectivity index (χ3v) is 4.07. The molecule has 0 atom stereocenters. The van der Waals surface area contributed by atoms with Crippen LogP contribution in [0.2, 0.25) is 0 Å². The molecule has 0 radical (unpaired) electrons. The molecule has 1 saturated heterocycles. The summed E-state index contributed by atoms with van der Waals surface area (Å²) in [6.45, 7) is 6.46. The molecule has 0 spiro atoms. The van der Waals surface area contributed by atoms with Crippen molar-refractivity contribution in [2.45, 2.75) is 26.2 Å². The second-order valence-corrected chi connectivity index (χ2v) is 5.79. The number of β-amino-alcohol motifs (C(OH)–C–C–N with tert-alkyl or cyclic N) is 1. The minimum atomic E-state index is 0.196. The zero-order chi connectivity index (χ0) is 15.1. The van der Waals surface area contributed by atoms with Crippen molar-refractivity contribution < 1.29 is 9.90 Å². The fraction of sp³-hybridized carbons (Fsp3) is 0.588. The molecular weight excluding hydrogens is 264 g/mol. The number of nitrogens with zero attached hydrogens (tertiary/aromatic N) is 2. The number of rotatable bonds is 5. The molecule has 4 heteroatoms. The van der Waals surface area contributed by atoms with Crippen molar-refractivity contribution in [3.63, 3.8) is 0 Å². The van der Waals surface area contributed by atoms with E-state index in [0.29, 0.717) is 13.0 Å². The predicted octanol–water partition coefficient (Wildman–Crippen LogP) is 1.45. The topological polar surface area (TPSA) is 43.8 Å². The SMILES string of the molecule is Cc1cccc(CCC(=O)N2CCCN(CCO)CC2)c1. The highest BCUT2D eigenvalue weighted by Gasteiger charge is 2.18. The van der Waals surface area contributed by atoms with Gasteiger partial charge in [0.1, 0.15) is 0 Å². The zero-order valence-electron chi connectivity index (χ0n) is 12.9. The number of aryl methyl sites for hydroxylation is 2. The van der Waals surface area contributed by atoms with Gasteiger partial charge in [-0.1, -0.05) is 29.8 Å². The van der Waals surface area contributed by atoms with E-state index in [-0.39, 0.29) is 12.5 Å². The fourth-order valence-electron chi connectivity index (χ4n) is 2.86. The van der Waals surface area contributed by atoms with Crippen LogP contribution in [0.3, 0.4) is 0 Å². The van der Waals surface area contributed by atoms with E-state index >= 15 is 0 Å². The second-order valence-electron chi connectivity index (χ2n) is 5.79. The van der Waals surface area contributed by atoms with Crippen molar-refractivity contribution in [3.05, 3.63) is 35.4 Å². The lowest BCUT2D eigenvalue weighted by molar-refractivity contribution is -0.131. The van der Waals surface area contributed by atoms with Crippen LogP contribution in [0.4, 0.5) is 0 Å². The minimum absolute atomic E-state index is 0.196. The average molecular weight is 290 g/mol. The molecular formula is C17H26N2O2. The van der Waals surface area contributed by atoms with Gasteiger partial charge in [0.15, 0.2) is 0 Å². The smallest absolute Gasteiger partial charge is 0.222 e. The number of hydrogen-bond acceptors (Lipinski definition) is 3. The molecule has 2 rings (SSSR count). The number of hydrogen-bond donors (Lipinski definition) is 1. The Bertz CT molecular complexity index is 462. The van der Waals surface area contributed by atoms with E-state index in [1.165, 1.54) is 11.1 Å². The van der Waals surface area contributed by atoms with Gasteiger partial charge >= 0.3 is 0 Å². The third-order valence-electron chi connectivity index (χ3n) is 4.07. The first-order chi connectivity index (χ1) is 10.2. The number of carbonyl (C=O) groups is 1. The number of benzene rings is 1. The van der Waals surface area contributed by atoms with Crippen LogP contribution in [0.1, 0.15) is 24.0 Å². The highest BCUT2D eigenvalue weighted by atomic mass is 16.3. The van der Waals surface area contributed by atoms with Gasteiger partial charge < -0.3 is 10.0 Å². The maximum absolute atomic E-state index is 12.3. The number of carbonyl (C=O) groups excluding carboxylic acids is 1. The molecule has 21 heavy (non-hydrogen) atoms. The number of aliphatic hydroxyl groups is 1. The van der Waals surface area contributed by atoms with E-state index in [0.717, 1.165) is 39.0 Å². The molecule has 0 aliphatic carbocycles. The van der Waals surface area contributed by atoms with E-state index in [4.69, 9.17) is 5.11 Å². The van der Waals surface area contributed by atoms with Crippen LogP contribution in [0.15, 0.2) is 24.3 Å². The zero-order valence-corrected chi connectivity index (χ0v) is 12.9. The first-order valence-electron chi connectivity index (χ1n) is 7.85. The lowest BCUT2D eigenvalue weighted by Crippen LogP contribution is -2.36. The molecule has 1 fully saturated rings. The van der Waals surface area contributed by atoms with Crippen molar-refractivity contribution in [2.75, 3.05) is 39.3 Å². The number of amides is 1. The Morgan fingerprint density at radius 2 is 2.10 bits per heavy atom. The lowest BCUT2D eigenvalue weighted by Gasteiger charge is -2.21. The largest absolute Gasteiger partial charge is 0.395 e. The number of aliphatic hydroxyl groups excluding tert-OH is 1. The van der Waals surface area contributed by atoms with Crippen molar-refractivity contribution in [2.24, 2.45) is 0 Å². The van der Waals surface area contributed by atoms with Crippen LogP contribution in [-0.2, 0) is 11.2 Å². The molecule has 0 aromatic heterocycles. The van der Waals surface area contributed by atoms with E-state index in [2.05, 4.69) is 30.0 Å². The summed E-state index contributed by atoms with van der Waals surface area (Å²) in [5.74, 6) is 0.252. The Hall–Kier alpha value is -1.39. The summed E-state index contributed by atoms with van der Waals surface area (Å²) in [6, 6.07) is 8.37. The Morgan fingerprint density at radius 3 is 2.86 bits per heavy atom. The van der Waals surface area contributed by atoms with E-state index in [1.54, 1.807) is 0 Å². The monoisotopic (exact) mass is 290 g/mol. The first kappa shape index (κ1) is 16.0. The average Bonchev–Trinajstić information content (AvgIpc) is 2.71. The van der Waals surface area contributed by atoms with Gasteiger partial charge in [0, 0.05) is 32.6 Å². The highest BCUT2D eigenvalue weighted by Crippen LogP contribution is 2.10. The first-order valence-corrected chi connectivity index (χ1v) is 7.85. The maximum atomic E-state index is 12.3. The molecule has 116 valence electrons. The van der Waals surface area contributed by atoms with Crippen LogP contribution in [-0.4, -0.2) is 60.1 Å². The van der Waals surface area contributed by atoms with E-state index in [1.807, 2.05) is 11.0 Å². The molecule has 4 nitrogen and oxygen atoms in total. The minimum Gasteiger partial charge on any atom is -0.395 e. The maximum Gasteiger partial charge on any atom is 0.222 e. The molecule has 1 aromatic rings. The summed E-state index contributed by atoms with van der Waals surface area (Å²) in [7, 11) is 0. The Morgan fingerprint density at radius 1 is 1.24 bits per heavy atom. The molecule has 1 aliphatic rings. The molecule has 1 aliphatic heterocycles. The van der Waals surface area contributed by atoms with Gasteiger partial charge in [0.05, 0.1) is 6.61 Å². The fourth-order valence-corrected chi connectivity index (χ4v) is 2.86. The lowest BCUT2D eigenvalue weighted by atomic mass is 10.1. The quantitative estimate of drug-likeness (QED) is 0.893. The van der Waals surface area contributed by atoms with Crippen LogP contribution >= 0.6 is 0 Å². The standard InChI is InChI=1S/C17H26N2O2/c1-15-4-2-5-16(14-15)6-7-17(21)19-9-3-8-18(10-11-19)12-13-20/h2,4-5,14,20H,3,6-13H2,1H3. The summed E-state index contributed by atoms with van der Waals surface area (Å²) in [5.41, 5.74) is 2.48. The van der Waals surface area contributed by atoms with Crippen molar-refractivity contribution in [1.82, 2.24) is 9.80 Å². The Balaban J connectivity index is 1.80. The van der Waals surface area contributed by atoms with E-state index < -0.39 is 0 Å². The second kappa shape index (κ2) is 8.15. The van der Waals surface area contributed by atoms with Gasteiger partial charge in [-0.25, -0.2) is 0 Å². The van der Waals surface area contributed by atoms with Crippen LogP contribution in [0, 0.1) is 6.92 Å². The summed E-state index contributed by atoms with van der Waals surface area (Å²) in [4.78, 5) is 16.5. The molecule has 1 aromatic carbocycles. The van der Waals surface area contributed by atoms with Crippen molar-refractivity contribution in [3.8, 4) is 0 Å². The summed E-state index contributed by atoms with van der Waals surface area (Å²) in [6.07, 6.45) is 2.40. The summed E-state index contributed by atoms with van der Waals surface area (Å²) >= 11 is 0. The van der Waals surface area contributed by atoms with Crippen LogP contribution < -0.4 is 0 Å². The van der Waals surface area contributed by atoms with Gasteiger partial charge in [0.2, 0.25) is 5.91 Å². The van der Waals surface area contributed by atoms with E-state index in [9.17, 15) is 4.79 Å². The molecule has 1 heterocycles. The summed E-state index contributed by atoms with van der Waals surface area (Å²) < 4.78 is 0. The Labute approximate surface area is 127 Å². The van der Waals surface area contributed by atoms with Gasteiger partial charge in [-0.05, 0) is 31.9 Å². The molecule has 0 unspecified atom stereocenters. The van der Waals surface area contributed by atoms with Gasteiger partial charge in [-0.2, -0.15) is 0 Å². The van der Waals surface area contributed by atoms with Gasteiger partial charge in [-0.15, -0.1) is 0 Å². The molecule has 0 bridgehead atoms. The summed E-state index contributed by atoms with van der Waals surface area (Å²) in [5, 5.41) is 9.00. The van der Waals surface area contributed by atoms with Crippen LogP contribution in [0.5, 0.6) is 0 Å². The third kappa shape index (κ3) is 5.14. The van der Waals surface area contributed by atoms with Gasteiger partial charge in [-0.3, -0.25) is 9.69 Å². The predicted molar refractivity (Wildman–Crippen MR) is 84.2 cm³/mol. The Kier molecular flexibility index (Phi) is 6.21. The normalized spacial score (nSPS) is 16.8. The molecule has 1 amide bonds. The van der Waals surface area contributed by atoms with Gasteiger partial charge in [0.25, 0.3) is 0 Å². The molecule has 0 saturated carbocycles. The van der Waals surface area contributed by atoms with Crippen molar-refractivity contribution >= 4 is 5.91 Å².